The molecule has 4 nitrogen and oxygen atoms in total. The van der Waals surface area contributed by atoms with Crippen LogP contribution in [0.4, 0.5) is 0 Å². The Labute approximate surface area is 164 Å². The van der Waals surface area contributed by atoms with E-state index in [9.17, 15) is 9.59 Å². The number of rotatable bonds is 6. The second kappa shape index (κ2) is 8.49. The molecule has 0 spiro atoms. The second-order valence-electron chi connectivity index (χ2n) is 5.60. The van der Waals surface area contributed by atoms with Gasteiger partial charge in [-0.2, -0.15) is 11.3 Å². The number of likely N-dealkylation sites (N-methyl/N-ethyl adjacent to an activating group) is 1. The lowest BCUT2D eigenvalue weighted by atomic mass is 10.2. The highest BCUT2D eigenvalue weighted by molar-refractivity contribution is 7.20. The molecular weight excluding hydrogens is 390 g/mol. The van der Waals surface area contributed by atoms with Crippen molar-refractivity contribution in [2.24, 2.45) is 0 Å². The quantitative estimate of drug-likeness (QED) is 0.436. The molecule has 2 aromatic heterocycles. The first-order chi connectivity index (χ1) is 12.5. The van der Waals surface area contributed by atoms with Crippen LogP contribution in [0.25, 0.3) is 16.2 Å². The van der Waals surface area contributed by atoms with Crippen LogP contribution in [-0.2, 0) is 20.9 Å². The van der Waals surface area contributed by atoms with Crippen molar-refractivity contribution in [3.05, 3.63) is 62.6 Å². The predicted octanol–water partition coefficient (Wildman–Crippen LogP) is 4.83. The van der Waals surface area contributed by atoms with Crippen LogP contribution in [0.5, 0.6) is 0 Å². The van der Waals surface area contributed by atoms with Gasteiger partial charge in [-0.1, -0.05) is 29.8 Å². The zero-order valence-corrected chi connectivity index (χ0v) is 16.4. The second-order valence-corrected chi connectivity index (χ2v) is 7.84. The number of nitrogens with zero attached hydrogens (tertiary/aromatic N) is 1. The van der Waals surface area contributed by atoms with E-state index in [0.29, 0.717) is 11.6 Å². The summed E-state index contributed by atoms with van der Waals surface area (Å²) >= 11 is 9.40. The number of thiophene rings is 2. The molecule has 0 bridgehead atoms. The van der Waals surface area contributed by atoms with Crippen LogP contribution >= 0.6 is 34.3 Å². The minimum absolute atomic E-state index is 0.252. The van der Waals surface area contributed by atoms with Gasteiger partial charge < -0.3 is 9.64 Å². The highest BCUT2D eigenvalue weighted by Crippen LogP contribution is 2.35. The predicted molar refractivity (Wildman–Crippen MR) is 108 cm³/mol. The number of esters is 1. The Morgan fingerprint density at radius 2 is 2.08 bits per heavy atom. The Hall–Kier alpha value is -2.15. The third-order valence-electron chi connectivity index (χ3n) is 3.69. The smallest absolute Gasteiger partial charge is 0.331 e. The Morgan fingerprint density at radius 1 is 1.27 bits per heavy atom. The van der Waals surface area contributed by atoms with Crippen LogP contribution in [0, 0.1) is 0 Å². The molecule has 0 radical (unpaired) electrons. The van der Waals surface area contributed by atoms with E-state index in [0.717, 1.165) is 20.5 Å². The van der Waals surface area contributed by atoms with Gasteiger partial charge in [0.1, 0.15) is 0 Å². The molecule has 26 heavy (non-hydrogen) atoms. The first kappa shape index (κ1) is 18.6. The van der Waals surface area contributed by atoms with Crippen LogP contribution in [0.3, 0.4) is 0 Å². The molecule has 0 aliphatic rings. The molecule has 0 saturated heterocycles. The number of hydrogen-bond acceptors (Lipinski definition) is 5. The van der Waals surface area contributed by atoms with Crippen molar-refractivity contribution < 1.29 is 14.3 Å². The van der Waals surface area contributed by atoms with E-state index in [4.69, 9.17) is 16.3 Å². The van der Waals surface area contributed by atoms with Crippen molar-refractivity contribution in [2.45, 2.75) is 6.54 Å². The largest absolute Gasteiger partial charge is 0.452 e. The molecule has 2 heterocycles. The van der Waals surface area contributed by atoms with Gasteiger partial charge in [-0.15, -0.1) is 11.3 Å². The molecule has 0 unspecified atom stereocenters. The van der Waals surface area contributed by atoms with Crippen LogP contribution < -0.4 is 0 Å². The number of halogens is 1. The Kier molecular flexibility index (Phi) is 6.08. The SMILES string of the molecule is CN(Cc1ccsc1)C(=O)COC(=O)/C=C/c1sc2ccccc2c1Cl. The summed E-state index contributed by atoms with van der Waals surface area (Å²) in [5.74, 6) is -0.825. The van der Waals surface area contributed by atoms with Gasteiger partial charge >= 0.3 is 5.97 Å². The summed E-state index contributed by atoms with van der Waals surface area (Å²) in [5, 5.41) is 5.50. The van der Waals surface area contributed by atoms with Crippen molar-refractivity contribution in [2.75, 3.05) is 13.7 Å². The van der Waals surface area contributed by atoms with Crippen molar-refractivity contribution >= 4 is 62.3 Å². The fourth-order valence-electron chi connectivity index (χ4n) is 2.32. The average Bonchev–Trinajstić information content (AvgIpc) is 3.26. The minimum atomic E-state index is -0.573. The normalized spacial score (nSPS) is 11.2. The van der Waals surface area contributed by atoms with E-state index in [-0.39, 0.29) is 12.5 Å². The molecule has 7 heteroatoms. The molecular formula is C19H16ClNO3S2. The summed E-state index contributed by atoms with van der Waals surface area (Å²) < 4.78 is 6.08. The van der Waals surface area contributed by atoms with Crippen LogP contribution in [0.15, 0.2) is 47.2 Å². The van der Waals surface area contributed by atoms with Crippen molar-refractivity contribution in [3.63, 3.8) is 0 Å². The van der Waals surface area contributed by atoms with Gasteiger partial charge in [0.15, 0.2) is 6.61 Å². The van der Waals surface area contributed by atoms with E-state index in [1.165, 1.54) is 22.3 Å². The molecule has 0 atom stereocenters. The molecule has 134 valence electrons. The lowest BCUT2D eigenvalue weighted by molar-refractivity contribution is -0.147. The maximum atomic E-state index is 12.0. The van der Waals surface area contributed by atoms with E-state index < -0.39 is 5.97 Å². The van der Waals surface area contributed by atoms with Gasteiger partial charge in [0.05, 0.1) is 5.02 Å². The maximum Gasteiger partial charge on any atom is 0.331 e. The highest BCUT2D eigenvalue weighted by atomic mass is 35.5. The third-order valence-corrected chi connectivity index (χ3v) is 6.08. The van der Waals surface area contributed by atoms with Crippen molar-refractivity contribution in [1.29, 1.82) is 0 Å². The summed E-state index contributed by atoms with van der Waals surface area (Å²) in [5.41, 5.74) is 1.05. The fraction of sp³-hybridized carbons (Fsp3) is 0.158. The Bertz CT molecular complexity index is 947. The first-order valence-corrected chi connectivity index (χ1v) is 9.95. The zero-order valence-electron chi connectivity index (χ0n) is 14.0. The number of carbonyl (C=O) groups excluding carboxylic acids is 2. The van der Waals surface area contributed by atoms with Gasteiger partial charge in [0, 0.05) is 34.6 Å². The summed E-state index contributed by atoms with van der Waals surface area (Å²) in [6.45, 7) is 0.205. The maximum absolute atomic E-state index is 12.0. The molecule has 0 saturated carbocycles. The molecule has 1 amide bonds. The Balaban J connectivity index is 1.54. The molecule has 3 rings (SSSR count). The highest BCUT2D eigenvalue weighted by Gasteiger charge is 2.12. The molecule has 0 aliphatic heterocycles. The number of amides is 1. The van der Waals surface area contributed by atoms with Crippen LogP contribution in [0.1, 0.15) is 10.4 Å². The minimum Gasteiger partial charge on any atom is -0.452 e. The Morgan fingerprint density at radius 3 is 2.81 bits per heavy atom. The number of carbonyl (C=O) groups is 2. The topological polar surface area (TPSA) is 46.6 Å². The molecule has 0 N–H and O–H groups in total. The summed E-state index contributed by atoms with van der Waals surface area (Å²) in [6.07, 6.45) is 2.91. The van der Waals surface area contributed by atoms with E-state index in [1.807, 2.05) is 41.1 Å². The van der Waals surface area contributed by atoms with Gasteiger partial charge in [0.25, 0.3) is 5.91 Å². The monoisotopic (exact) mass is 405 g/mol. The van der Waals surface area contributed by atoms with E-state index in [2.05, 4.69) is 0 Å². The summed E-state index contributed by atoms with van der Waals surface area (Å²) in [4.78, 5) is 26.2. The molecule has 0 fully saturated rings. The van der Waals surface area contributed by atoms with Crippen molar-refractivity contribution in [1.82, 2.24) is 4.90 Å². The van der Waals surface area contributed by atoms with E-state index >= 15 is 0 Å². The lowest BCUT2D eigenvalue weighted by Gasteiger charge is -2.15. The molecule has 1 aromatic carbocycles. The number of hydrogen-bond donors (Lipinski definition) is 0. The van der Waals surface area contributed by atoms with Gasteiger partial charge in [0.2, 0.25) is 0 Å². The fourth-order valence-corrected chi connectivity index (χ4v) is 4.38. The van der Waals surface area contributed by atoms with Crippen molar-refractivity contribution in [3.8, 4) is 0 Å². The first-order valence-electron chi connectivity index (χ1n) is 7.81. The van der Waals surface area contributed by atoms with Crippen LogP contribution in [0.2, 0.25) is 5.02 Å². The zero-order chi connectivity index (χ0) is 18.5. The summed E-state index contributed by atoms with van der Waals surface area (Å²) in [6, 6.07) is 9.73. The van der Waals surface area contributed by atoms with Gasteiger partial charge in [-0.3, -0.25) is 4.79 Å². The number of ether oxygens (including phenoxy) is 1. The van der Waals surface area contributed by atoms with Crippen LogP contribution in [-0.4, -0.2) is 30.4 Å². The number of fused-ring (bicyclic) bond motifs is 1. The van der Waals surface area contributed by atoms with Gasteiger partial charge in [-0.05, 0) is 34.5 Å². The summed E-state index contributed by atoms with van der Waals surface area (Å²) in [7, 11) is 1.68. The van der Waals surface area contributed by atoms with E-state index in [1.54, 1.807) is 24.5 Å². The lowest BCUT2D eigenvalue weighted by Crippen LogP contribution is -2.30. The molecule has 3 aromatic rings. The van der Waals surface area contributed by atoms with Gasteiger partial charge in [-0.25, -0.2) is 4.79 Å². The third kappa shape index (κ3) is 4.52. The standard InChI is InChI=1S/C19H16ClNO3S2/c1-21(10-13-8-9-25-12-13)17(22)11-24-18(23)7-6-16-19(20)14-4-2-3-5-15(14)26-16/h2-9,12H,10-11H2,1H3/b7-6+. The molecule has 0 aliphatic carbocycles. The number of benzene rings is 1. The average molecular weight is 406 g/mol.